The smallest absolute Gasteiger partial charge is 0.346 e. The third kappa shape index (κ3) is 5.21. The molecule has 0 aliphatic carbocycles. The minimum absolute atomic E-state index is 0.0168. The van der Waals surface area contributed by atoms with E-state index in [0.29, 0.717) is 11.4 Å². The van der Waals surface area contributed by atoms with Gasteiger partial charge in [0.1, 0.15) is 4.24 Å². The van der Waals surface area contributed by atoms with Crippen LogP contribution in [0.25, 0.3) is 11.1 Å². The lowest BCUT2D eigenvalue weighted by Crippen LogP contribution is -2.26. The maximum absolute atomic E-state index is 13.0. The maximum Gasteiger partial charge on any atom is 0.346 e. The molecule has 1 aliphatic rings. The quantitative estimate of drug-likeness (QED) is 0.245. The van der Waals surface area contributed by atoms with Crippen molar-refractivity contribution in [3.63, 3.8) is 0 Å². The number of hydrogen-bond donors (Lipinski definition) is 3. The van der Waals surface area contributed by atoms with Gasteiger partial charge < -0.3 is 15.4 Å². The van der Waals surface area contributed by atoms with Gasteiger partial charge in [-0.3, -0.25) is 4.79 Å². The molecule has 3 N–H and O–H groups in total. The predicted octanol–water partition coefficient (Wildman–Crippen LogP) is 3.14. The maximum atomic E-state index is 13.0. The Bertz CT molecular complexity index is 1190. The minimum atomic E-state index is -3.76. The lowest BCUT2D eigenvalue weighted by atomic mass is 10.1. The number of benzene rings is 2. The van der Waals surface area contributed by atoms with Crippen molar-refractivity contribution in [1.82, 2.24) is 10.0 Å². The third-order valence-corrected chi connectivity index (χ3v) is 7.74. The van der Waals surface area contributed by atoms with Crippen molar-refractivity contribution in [3.05, 3.63) is 75.1 Å². The van der Waals surface area contributed by atoms with E-state index in [2.05, 4.69) is 15.4 Å². The molecule has 2 aromatic rings. The summed E-state index contributed by atoms with van der Waals surface area (Å²) in [7, 11) is -2.47. The average molecular weight is 474 g/mol. The molecule has 0 radical (unpaired) electrons. The molecular weight excluding hydrogens is 450 g/mol. The van der Waals surface area contributed by atoms with Gasteiger partial charge in [0.25, 0.3) is 5.91 Å². The first-order valence-electron chi connectivity index (χ1n) is 9.74. The van der Waals surface area contributed by atoms with Crippen molar-refractivity contribution in [2.24, 2.45) is 0 Å². The van der Waals surface area contributed by atoms with Crippen LogP contribution in [-0.2, 0) is 24.3 Å². The summed E-state index contributed by atoms with van der Waals surface area (Å²) in [6.07, 6.45) is 0. The lowest BCUT2D eigenvalue weighted by molar-refractivity contribution is -0.139. The number of amides is 1. The Hall–Kier alpha value is -3.08. The van der Waals surface area contributed by atoms with Gasteiger partial charge in [-0.05, 0) is 44.2 Å². The van der Waals surface area contributed by atoms with Gasteiger partial charge in [0.05, 0.1) is 11.6 Å². The van der Waals surface area contributed by atoms with E-state index in [1.54, 1.807) is 26.0 Å². The highest BCUT2D eigenvalue weighted by atomic mass is 32.3. The normalized spacial score (nSPS) is 15.2. The second kappa shape index (κ2) is 10.0. The van der Waals surface area contributed by atoms with Crippen LogP contribution in [0.4, 0.5) is 5.69 Å². The molecule has 10 heteroatoms. The van der Waals surface area contributed by atoms with Gasteiger partial charge in [-0.2, -0.15) is 0 Å². The van der Waals surface area contributed by atoms with E-state index < -0.39 is 21.9 Å². The number of hydrogen-bond acceptors (Lipinski definition) is 7. The standard InChI is InChI=1S/C22H23N3O5S2/c1-4-30-21(27)18(20-24-14(2)22(31-20)32(28,29)23-3)19(26)25-17-12-10-16(11-13-17)15-8-6-5-7-9-15/h5-13,23-24H,4H2,1-3H3,(H,25,26)/b20-18-. The summed E-state index contributed by atoms with van der Waals surface area (Å²) in [4.78, 5) is 25.6. The second-order valence-corrected chi connectivity index (χ2v) is 9.77. The Kier molecular flexibility index (Phi) is 7.39. The molecule has 32 heavy (non-hydrogen) atoms. The van der Waals surface area contributed by atoms with Gasteiger partial charge in [-0.1, -0.05) is 54.2 Å². The van der Waals surface area contributed by atoms with Crippen LogP contribution in [0.1, 0.15) is 13.8 Å². The van der Waals surface area contributed by atoms with Crippen molar-refractivity contribution in [2.75, 3.05) is 19.0 Å². The number of thioether (sulfide) groups is 1. The first kappa shape index (κ1) is 23.6. The Labute approximate surface area is 191 Å². The molecule has 0 unspecified atom stereocenters. The lowest BCUT2D eigenvalue weighted by Gasteiger charge is -2.12. The van der Waals surface area contributed by atoms with Gasteiger partial charge in [-0.15, -0.1) is 0 Å². The van der Waals surface area contributed by atoms with E-state index in [1.165, 1.54) is 7.05 Å². The zero-order valence-corrected chi connectivity index (χ0v) is 19.4. The summed E-state index contributed by atoms with van der Waals surface area (Å²) in [6, 6.07) is 16.9. The van der Waals surface area contributed by atoms with Crippen LogP contribution in [-0.4, -0.2) is 33.9 Å². The molecule has 8 nitrogen and oxygen atoms in total. The first-order chi connectivity index (χ1) is 15.3. The number of carbonyl (C=O) groups is 2. The Morgan fingerprint density at radius 2 is 1.66 bits per heavy atom. The van der Waals surface area contributed by atoms with Crippen molar-refractivity contribution >= 4 is 39.3 Å². The fourth-order valence-corrected chi connectivity index (χ4v) is 5.39. The van der Waals surface area contributed by atoms with Crippen molar-refractivity contribution < 1.29 is 22.7 Å². The molecule has 1 aliphatic heterocycles. The number of rotatable bonds is 7. The molecule has 0 saturated heterocycles. The van der Waals surface area contributed by atoms with Gasteiger partial charge in [0, 0.05) is 11.4 Å². The summed E-state index contributed by atoms with van der Waals surface area (Å²) in [6.45, 7) is 3.23. The SMILES string of the molecule is CCOC(=O)/C(C(=O)Nc1ccc(-c2ccccc2)cc1)=C1/NC(C)=C(S(=O)(=O)NC)S1. The number of carbonyl (C=O) groups excluding carboxylic acids is 2. The van der Waals surface area contributed by atoms with Crippen LogP contribution >= 0.6 is 11.8 Å². The topological polar surface area (TPSA) is 114 Å². The number of anilines is 1. The molecule has 168 valence electrons. The fraction of sp³-hybridized carbons (Fsp3) is 0.182. The average Bonchev–Trinajstić information content (AvgIpc) is 3.17. The molecule has 2 aromatic carbocycles. The molecular formula is C22H23N3O5S2. The van der Waals surface area contributed by atoms with Crippen LogP contribution < -0.4 is 15.4 Å². The van der Waals surface area contributed by atoms with Gasteiger partial charge in [0.15, 0.2) is 5.57 Å². The summed E-state index contributed by atoms with van der Waals surface area (Å²) in [5, 5.41) is 5.60. The van der Waals surface area contributed by atoms with E-state index in [4.69, 9.17) is 4.74 Å². The van der Waals surface area contributed by atoms with Gasteiger partial charge >= 0.3 is 5.97 Å². The Balaban J connectivity index is 1.87. The molecule has 0 aromatic heterocycles. The highest BCUT2D eigenvalue weighted by molar-refractivity contribution is 8.20. The molecule has 0 atom stereocenters. The van der Waals surface area contributed by atoms with Crippen molar-refractivity contribution in [3.8, 4) is 11.1 Å². The molecule has 0 bridgehead atoms. The summed E-state index contributed by atoms with van der Waals surface area (Å²) in [5.41, 5.74) is 2.49. The number of ether oxygens (including phenoxy) is 1. The summed E-state index contributed by atoms with van der Waals surface area (Å²) < 4.78 is 31.7. The first-order valence-corrected chi connectivity index (χ1v) is 12.0. The Morgan fingerprint density at radius 1 is 1.03 bits per heavy atom. The highest BCUT2D eigenvalue weighted by Crippen LogP contribution is 2.38. The molecule has 1 heterocycles. The highest BCUT2D eigenvalue weighted by Gasteiger charge is 2.34. The summed E-state index contributed by atoms with van der Waals surface area (Å²) >= 11 is 0.787. The van der Waals surface area contributed by atoms with E-state index in [9.17, 15) is 18.0 Å². The van der Waals surface area contributed by atoms with E-state index >= 15 is 0 Å². The fourth-order valence-electron chi connectivity index (χ4n) is 2.94. The number of nitrogens with one attached hydrogen (secondary N) is 3. The number of sulfonamides is 1. The largest absolute Gasteiger partial charge is 0.462 e. The van der Waals surface area contributed by atoms with Crippen LogP contribution in [0.5, 0.6) is 0 Å². The molecule has 0 saturated carbocycles. The molecule has 3 rings (SSSR count). The van der Waals surface area contributed by atoms with Crippen molar-refractivity contribution in [2.45, 2.75) is 13.8 Å². The zero-order valence-electron chi connectivity index (χ0n) is 17.8. The van der Waals surface area contributed by atoms with Crippen LogP contribution in [0.3, 0.4) is 0 Å². The van der Waals surface area contributed by atoms with E-state index in [0.717, 1.165) is 22.9 Å². The van der Waals surface area contributed by atoms with Gasteiger partial charge in [0.2, 0.25) is 10.0 Å². The Morgan fingerprint density at radius 3 is 2.25 bits per heavy atom. The van der Waals surface area contributed by atoms with Crippen LogP contribution in [0.2, 0.25) is 0 Å². The zero-order chi connectivity index (χ0) is 23.3. The molecule has 0 fully saturated rings. The van der Waals surface area contributed by atoms with E-state index in [-0.39, 0.29) is 21.4 Å². The number of allylic oxidation sites excluding steroid dienone is 1. The van der Waals surface area contributed by atoms with Crippen LogP contribution in [0, 0.1) is 0 Å². The van der Waals surface area contributed by atoms with Crippen molar-refractivity contribution in [1.29, 1.82) is 0 Å². The third-order valence-electron chi connectivity index (χ3n) is 4.50. The number of esters is 1. The summed E-state index contributed by atoms with van der Waals surface area (Å²) in [5.74, 6) is -1.56. The predicted molar refractivity (Wildman–Crippen MR) is 126 cm³/mol. The second-order valence-electron chi connectivity index (χ2n) is 6.67. The minimum Gasteiger partial charge on any atom is -0.462 e. The monoisotopic (exact) mass is 473 g/mol. The molecule has 1 amide bonds. The van der Waals surface area contributed by atoms with E-state index in [1.807, 2.05) is 42.5 Å². The molecule has 0 spiro atoms. The van der Waals surface area contributed by atoms with Crippen LogP contribution in [0.15, 0.2) is 75.1 Å². The van der Waals surface area contributed by atoms with Gasteiger partial charge in [-0.25, -0.2) is 17.9 Å².